The topological polar surface area (TPSA) is 40.5 Å². The van der Waals surface area contributed by atoms with Gasteiger partial charge in [-0.15, -0.1) is 0 Å². The molecule has 0 saturated heterocycles. The standard InChI is InChI=1S/2C10H13BrO.C5H4S.2ClH.Ti/c2*1-10(2,3)8-6-7(11)4-5-9(8)12;1-5-3-2-4-6-5;;;/h2*4-6,12H,1-3H3;1-4H;2*1H;/p-2. The van der Waals surface area contributed by atoms with E-state index < -0.39 is 0 Å². The molecule has 0 aliphatic carbocycles. The first-order chi connectivity index (χ1) is 14.3. The molecule has 182 valence electrons. The number of halogens is 4. The summed E-state index contributed by atoms with van der Waals surface area (Å²) in [6, 6.07) is 15.2. The molecule has 8 heteroatoms. The van der Waals surface area contributed by atoms with E-state index in [1.54, 1.807) is 23.5 Å². The quantitative estimate of drug-likeness (QED) is 0.390. The van der Waals surface area contributed by atoms with E-state index in [1.165, 1.54) is 4.88 Å². The normalized spacial score (nSPS) is 10.3. The third-order valence-electron chi connectivity index (χ3n) is 4.22. The van der Waals surface area contributed by atoms with Gasteiger partial charge in [-0.1, -0.05) is 73.4 Å². The van der Waals surface area contributed by atoms with Crippen LogP contribution in [0.25, 0.3) is 0 Å². The van der Waals surface area contributed by atoms with Crippen molar-refractivity contribution in [3.63, 3.8) is 0 Å². The molecular formula is C25H30Br2Cl2O2STi-2. The van der Waals surface area contributed by atoms with Gasteiger partial charge in [-0.05, 0) is 47.2 Å². The number of phenols is 2. The Morgan fingerprint density at radius 1 is 0.758 bits per heavy atom. The molecule has 0 fully saturated rings. The van der Waals surface area contributed by atoms with Crippen LogP contribution in [-0.4, -0.2) is 14.5 Å². The first-order valence-corrected chi connectivity index (χ1v) is 13.1. The van der Waals surface area contributed by atoms with Crippen LogP contribution >= 0.6 is 43.2 Å². The molecule has 2 aromatic carbocycles. The van der Waals surface area contributed by atoms with Crippen LogP contribution in [-0.2, 0) is 30.8 Å². The molecular weight excluding hydrogens is 643 g/mol. The second kappa shape index (κ2) is 15.8. The Labute approximate surface area is 243 Å². The average Bonchev–Trinajstić information content (AvgIpc) is 3.19. The molecule has 2 N–H and O–H groups in total. The van der Waals surface area contributed by atoms with Crippen molar-refractivity contribution in [2.45, 2.75) is 52.4 Å². The molecule has 0 radical (unpaired) electrons. The maximum atomic E-state index is 9.55. The van der Waals surface area contributed by atoms with Crippen LogP contribution in [0.3, 0.4) is 0 Å². The van der Waals surface area contributed by atoms with Crippen LogP contribution in [0.15, 0.2) is 62.9 Å². The third kappa shape index (κ3) is 12.9. The van der Waals surface area contributed by atoms with E-state index in [2.05, 4.69) is 95.2 Å². The summed E-state index contributed by atoms with van der Waals surface area (Å²) < 4.78 is 4.11. The number of benzene rings is 2. The SMILES string of the molecule is CC(C)(C)c1cc(Br)ccc1O.CC(C)(C)c1cc(Br)ccc1O.[Cl-].[Cl-].[Ti]=[CH]c1cccs1. The fourth-order valence-electron chi connectivity index (χ4n) is 2.59. The van der Waals surface area contributed by atoms with Crippen molar-refractivity contribution < 1.29 is 55.0 Å². The molecule has 0 amide bonds. The van der Waals surface area contributed by atoms with Gasteiger partial charge in [0.15, 0.2) is 0 Å². The summed E-state index contributed by atoms with van der Waals surface area (Å²) in [6.45, 7) is 12.5. The van der Waals surface area contributed by atoms with Gasteiger partial charge >= 0.3 is 58.0 Å². The van der Waals surface area contributed by atoms with Crippen molar-refractivity contribution in [3.8, 4) is 11.5 Å². The van der Waals surface area contributed by atoms with Gasteiger partial charge in [-0.25, -0.2) is 0 Å². The summed E-state index contributed by atoms with van der Waals surface area (Å²) in [4.78, 5) is 1.35. The first-order valence-electron chi connectivity index (χ1n) is 9.77. The molecule has 0 aliphatic heterocycles. The Bertz CT molecular complexity index is 922. The van der Waals surface area contributed by atoms with Gasteiger partial charge in [0.25, 0.3) is 0 Å². The minimum absolute atomic E-state index is 0. The van der Waals surface area contributed by atoms with Gasteiger partial charge in [0.2, 0.25) is 0 Å². The van der Waals surface area contributed by atoms with Gasteiger partial charge in [-0.3, -0.25) is 0 Å². The first kappa shape index (κ1) is 35.0. The van der Waals surface area contributed by atoms with Crippen molar-refractivity contribution >= 4 is 47.5 Å². The van der Waals surface area contributed by atoms with Gasteiger partial charge < -0.3 is 35.0 Å². The van der Waals surface area contributed by atoms with Gasteiger partial charge in [0.05, 0.1) is 0 Å². The Kier molecular flexibility index (Phi) is 16.7. The fourth-order valence-corrected chi connectivity index (χ4v) is 4.32. The van der Waals surface area contributed by atoms with E-state index in [4.69, 9.17) is 0 Å². The number of rotatable bonds is 1. The van der Waals surface area contributed by atoms with Crippen molar-refractivity contribution in [2.24, 2.45) is 0 Å². The molecule has 0 spiro atoms. The maximum absolute atomic E-state index is 9.55. The summed E-state index contributed by atoms with van der Waals surface area (Å²) in [7, 11) is 0. The second-order valence-corrected chi connectivity index (χ2v) is 12.2. The van der Waals surface area contributed by atoms with Gasteiger partial charge in [0.1, 0.15) is 11.5 Å². The summed E-state index contributed by atoms with van der Waals surface area (Å²) in [6.07, 6.45) is 0. The van der Waals surface area contributed by atoms with Gasteiger partial charge in [0, 0.05) is 20.1 Å². The van der Waals surface area contributed by atoms with Crippen LogP contribution < -0.4 is 24.8 Å². The molecule has 0 atom stereocenters. The second-order valence-electron chi connectivity index (χ2n) is 8.98. The molecule has 3 rings (SSSR count). The van der Waals surface area contributed by atoms with E-state index >= 15 is 0 Å². The molecule has 1 aromatic heterocycles. The summed E-state index contributed by atoms with van der Waals surface area (Å²) in [5.74, 6) is 0.733. The van der Waals surface area contributed by atoms with Gasteiger partial charge in [-0.2, -0.15) is 0 Å². The van der Waals surface area contributed by atoms with Crippen molar-refractivity contribution in [1.82, 2.24) is 0 Å². The van der Waals surface area contributed by atoms with E-state index in [0.717, 1.165) is 20.1 Å². The Hall–Kier alpha value is -0.136. The molecule has 0 aliphatic rings. The molecule has 2 nitrogen and oxygen atoms in total. The van der Waals surface area contributed by atoms with Crippen molar-refractivity contribution in [2.75, 3.05) is 0 Å². The molecule has 0 saturated carbocycles. The molecule has 33 heavy (non-hydrogen) atoms. The number of phenolic OH excluding ortho intramolecular Hbond substituents is 2. The van der Waals surface area contributed by atoms with E-state index in [1.807, 2.05) is 44.2 Å². The average molecular weight is 673 g/mol. The molecule has 3 aromatic rings. The van der Waals surface area contributed by atoms with Crippen molar-refractivity contribution in [3.05, 3.63) is 78.9 Å². The minimum atomic E-state index is -0.00609. The Morgan fingerprint density at radius 2 is 1.15 bits per heavy atom. The predicted octanol–water partition coefficient (Wildman–Crippen LogP) is 2.36. The third-order valence-corrected chi connectivity index (χ3v) is 6.84. The summed E-state index contributed by atoms with van der Waals surface area (Å²) in [5.41, 5.74) is 1.93. The number of thiophene rings is 1. The van der Waals surface area contributed by atoms with Crippen LogP contribution in [0, 0.1) is 0 Å². The number of aromatic hydroxyl groups is 2. The zero-order valence-corrected chi connectivity index (χ0v) is 26.6. The Balaban J connectivity index is 0. The van der Waals surface area contributed by atoms with Crippen LogP contribution in [0.5, 0.6) is 11.5 Å². The van der Waals surface area contributed by atoms with Crippen LogP contribution in [0.1, 0.15) is 57.5 Å². The number of hydrogen-bond acceptors (Lipinski definition) is 3. The Morgan fingerprint density at radius 3 is 1.36 bits per heavy atom. The van der Waals surface area contributed by atoms with E-state index in [-0.39, 0.29) is 35.6 Å². The molecule has 0 bridgehead atoms. The van der Waals surface area contributed by atoms with E-state index in [9.17, 15) is 10.2 Å². The molecule has 0 unspecified atom stereocenters. The van der Waals surface area contributed by atoms with Crippen LogP contribution in [0.2, 0.25) is 0 Å². The molecule has 1 heterocycles. The van der Waals surface area contributed by atoms with E-state index in [0.29, 0.717) is 11.5 Å². The zero-order chi connectivity index (χ0) is 23.8. The monoisotopic (exact) mass is 670 g/mol. The fraction of sp³-hybridized carbons (Fsp3) is 0.320. The predicted molar refractivity (Wildman–Crippen MR) is 138 cm³/mol. The summed E-state index contributed by atoms with van der Waals surface area (Å²) >= 11 is 10.6. The van der Waals surface area contributed by atoms with Crippen molar-refractivity contribution in [1.29, 1.82) is 0 Å². The zero-order valence-electron chi connectivity index (χ0n) is 19.6. The summed E-state index contributed by atoms with van der Waals surface area (Å²) in [5, 5.41) is 21.2. The van der Waals surface area contributed by atoms with Crippen LogP contribution in [0.4, 0.5) is 0 Å². The number of hydrogen-bond donors (Lipinski definition) is 2.